The summed E-state index contributed by atoms with van der Waals surface area (Å²) in [5, 5.41) is 4.71. The molecule has 0 radical (unpaired) electrons. The average Bonchev–Trinajstić information content (AvgIpc) is 3.31. The van der Waals surface area contributed by atoms with Crippen LogP contribution in [0.15, 0.2) is 42.7 Å². The number of nitrogens with zero attached hydrogens (tertiary/aromatic N) is 3. The lowest BCUT2D eigenvalue weighted by molar-refractivity contribution is 0.414. The van der Waals surface area contributed by atoms with Crippen molar-refractivity contribution in [3.8, 4) is 5.75 Å². The highest BCUT2D eigenvalue weighted by atomic mass is 32.1. The largest absolute Gasteiger partial charge is 0.497 e. The predicted octanol–water partition coefficient (Wildman–Crippen LogP) is 5.29. The summed E-state index contributed by atoms with van der Waals surface area (Å²) in [6.45, 7) is 0. The van der Waals surface area contributed by atoms with E-state index in [2.05, 4.69) is 32.9 Å². The van der Waals surface area contributed by atoms with Crippen LogP contribution in [0.3, 0.4) is 0 Å². The van der Waals surface area contributed by atoms with E-state index in [-0.39, 0.29) is 0 Å². The van der Waals surface area contributed by atoms with Gasteiger partial charge < -0.3 is 14.5 Å². The van der Waals surface area contributed by atoms with E-state index in [1.165, 1.54) is 48.1 Å². The quantitative estimate of drug-likeness (QED) is 0.501. The molecule has 1 aliphatic carbocycles. The van der Waals surface area contributed by atoms with Crippen molar-refractivity contribution in [2.75, 3.05) is 12.4 Å². The molecule has 1 saturated carbocycles. The number of aromatic nitrogens is 3. The maximum absolute atomic E-state index is 5.29. The first-order valence-corrected chi connectivity index (χ1v) is 10.8. The number of hydrogen-bond donors (Lipinski definition) is 1. The lowest BCUT2D eigenvalue weighted by atomic mass is 9.96. The van der Waals surface area contributed by atoms with E-state index in [1.54, 1.807) is 18.4 Å². The van der Waals surface area contributed by atoms with Crippen molar-refractivity contribution < 1.29 is 4.74 Å². The molecule has 4 aromatic rings. The molecule has 3 aromatic heterocycles. The second kappa shape index (κ2) is 7.43. The number of fused-ring (bicyclic) bond motifs is 2. The number of anilines is 1. The Kier molecular flexibility index (Phi) is 4.64. The maximum Gasteiger partial charge on any atom is 0.184 e. The van der Waals surface area contributed by atoms with Crippen LogP contribution >= 0.6 is 11.3 Å². The number of hydrogen-bond acceptors (Lipinski definition) is 5. The zero-order valence-corrected chi connectivity index (χ0v) is 16.8. The van der Waals surface area contributed by atoms with Crippen molar-refractivity contribution in [2.45, 2.75) is 44.6 Å². The Balaban J connectivity index is 1.37. The molecule has 28 heavy (non-hydrogen) atoms. The highest BCUT2D eigenvalue weighted by molar-refractivity contribution is 7.22. The highest BCUT2D eigenvalue weighted by Gasteiger charge is 2.15. The molecule has 0 amide bonds. The zero-order chi connectivity index (χ0) is 18.9. The van der Waals surface area contributed by atoms with Crippen LogP contribution in [-0.2, 0) is 6.42 Å². The monoisotopic (exact) mass is 392 g/mol. The first kappa shape index (κ1) is 17.5. The second-order valence-electron chi connectivity index (χ2n) is 7.52. The van der Waals surface area contributed by atoms with Crippen molar-refractivity contribution in [1.82, 2.24) is 14.4 Å². The van der Waals surface area contributed by atoms with Gasteiger partial charge >= 0.3 is 0 Å². The van der Waals surface area contributed by atoms with Crippen molar-refractivity contribution >= 4 is 32.3 Å². The highest BCUT2D eigenvalue weighted by Crippen LogP contribution is 2.30. The zero-order valence-electron chi connectivity index (χ0n) is 16.0. The fraction of sp³-hybridized carbons (Fsp3) is 0.364. The predicted molar refractivity (Wildman–Crippen MR) is 115 cm³/mol. The molecular formula is C22H24N4OS. The molecular weight excluding hydrogens is 368 g/mol. The molecule has 1 aromatic carbocycles. The van der Waals surface area contributed by atoms with Crippen molar-refractivity contribution in [3.63, 3.8) is 0 Å². The van der Waals surface area contributed by atoms with Crippen LogP contribution in [0.5, 0.6) is 5.75 Å². The molecule has 0 aliphatic heterocycles. The van der Waals surface area contributed by atoms with Crippen molar-refractivity contribution in [2.24, 2.45) is 0 Å². The van der Waals surface area contributed by atoms with Crippen LogP contribution in [0.2, 0.25) is 0 Å². The van der Waals surface area contributed by atoms with Crippen LogP contribution in [0.25, 0.3) is 15.9 Å². The van der Waals surface area contributed by atoms with Crippen LogP contribution < -0.4 is 10.1 Å². The van der Waals surface area contributed by atoms with Gasteiger partial charge in [0.1, 0.15) is 11.4 Å². The maximum atomic E-state index is 5.29. The number of benzene rings is 1. The van der Waals surface area contributed by atoms with Crippen LogP contribution in [0.4, 0.5) is 5.13 Å². The van der Waals surface area contributed by atoms with Gasteiger partial charge in [0, 0.05) is 36.6 Å². The summed E-state index contributed by atoms with van der Waals surface area (Å²) in [4.78, 5) is 9.31. The van der Waals surface area contributed by atoms with Gasteiger partial charge in [-0.15, -0.1) is 0 Å². The first-order valence-electron chi connectivity index (χ1n) is 9.94. The molecule has 5 rings (SSSR count). The van der Waals surface area contributed by atoms with Crippen LogP contribution in [0, 0.1) is 0 Å². The summed E-state index contributed by atoms with van der Waals surface area (Å²) < 4.78 is 8.65. The minimum atomic E-state index is 0.587. The fourth-order valence-electron chi connectivity index (χ4n) is 4.04. The number of ether oxygens (including phenoxy) is 1. The van der Waals surface area contributed by atoms with E-state index in [1.807, 2.05) is 24.5 Å². The molecule has 0 spiro atoms. The topological polar surface area (TPSA) is 51.5 Å². The van der Waals surface area contributed by atoms with Gasteiger partial charge in [-0.3, -0.25) is 0 Å². The number of rotatable bonds is 5. The van der Waals surface area contributed by atoms with Gasteiger partial charge in [0.25, 0.3) is 0 Å². The smallest absolute Gasteiger partial charge is 0.184 e. The fourth-order valence-corrected chi connectivity index (χ4v) is 5.05. The average molecular weight is 393 g/mol. The number of methoxy groups -OCH3 is 1. The number of pyridine rings is 1. The molecule has 1 aliphatic rings. The molecule has 6 heteroatoms. The van der Waals surface area contributed by atoms with E-state index >= 15 is 0 Å². The summed E-state index contributed by atoms with van der Waals surface area (Å²) in [6, 6.07) is 11.1. The summed E-state index contributed by atoms with van der Waals surface area (Å²) in [6.07, 6.45) is 11.4. The molecule has 3 heterocycles. The summed E-state index contributed by atoms with van der Waals surface area (Å²) in [5.74, 6) is 0.828. The second-order valence-corrected chi connectivity index (χ2v) is 8.55. The van der Waals surface area contributed by atoms with E-state index in [4.69, 9.17) is 9.72 Å². The number of nitrogens with one attached hydrogen (secondary N) is 1. The Morgan fingerprint density at radius 2 is 2.07 bits per heavy atom. The van der Waals surface area contributed by atoms with Crippen LogP contribution in [-0.4, -0.2) is 27.5 Å². The minimum absolute atomic E-state index is 0.587. The Bertz CT molecular complexity index is 1110. The van der Waals surface area contributed by atoms with Gasteiger partial charge in [-0.2, -0.15) is 0 Å². The molecule has 0 unspecified atom stereocenters. The summed E-state index contributed by atoms with van der Waals surface area (Å²) >= 11 is 1.77. The molecule has 0 bridgehead atoms. The Morgan fingerprint density at radius 3 is 2.93 bits per heavy atom. The van der Waals surface area contributed by atoms with Crippen molar-refractivity contribution in [1.29, 1.82) is 0 Å². The van der Waals surface area contributed by atoms with Gasteiger partial charge in [0.05, 0.1) is 17.3 Å². The first-order chi connectivity index (χ1) is 13.8. The van der Waals surface area contributed by atoms with E-state index in [0.717, 1.165) is 28.5 Å². The summed E-state index contributed by atoms with van der Waals surface area (Å²) in [7, 11) is 1.68. The third-order valence-corrected chi connectivity index (χ3v) is 6.52. The van der Waals surface area contributed by atoms with Crippen LogP contribution in [0.1, 0.15) is 43.4 Å². The molecule has 5 nitrogen and oxygen atoms in total. The third-order valence-electron chi connectivity index (χ3n) is 5.57. The summed E-state index contributed by atoms with van der Waals surface area (Å²) in [5.41, 5.74) is 4.43. The molecule has 0 atom stereocenters. The van der Waals surface area contributed by atoms with Gasteiger partial charge in [-0.05, 0) is 36.6 Å². The van der Waals surface area contributed by atoms with Gasteiger partial charge in [-0.25, -0.2) is 9.97 Å². The Hall–Kier alpha value is -2.60. The molecule has 144 valence electrons. The van der Waals surface area contributed by atoms with Gasteiger partial charge in [0.15, 0.2) is 5.13 Å². The minimum Gasteiger partial charge on any atom is -0.497 e. The third kappa shape index (κ3) is 3.44. The van der Waals surface area contributed by atoms with E-state index in [0.29, 0.717) is 6.04 Å². The Morgan fingerprint density at radius 1 is 1.18 bits per heavy atom. The van der Waals surface area contributed by atoms with E-state index in [9.17, 15) is 0 Å². The molecule has 1 fully saturated rings. The van der Waals surface area contributed by atoms with Gasteiger partial charge in [-0.1, -0.05) is 36.7 Å². The molecule has 0 saturated heterocycles. The van der Waals surface area contributed by atoms with E-state index < -0.39 is 0 Å². The number of thiazole rings is 1. The van der Waals surface area contributed by atoms with Gasteiger partial charge in [0.2, 0.25) is 0 Å². The Labute approximate surface area is 168 Å². The SMILES string of the molecule is COc1ccn2c(Cc3ccc4nc(NC5CCCCC5)sc4c3)cnc2c1. The lowest BCUT2D eigenvalue weighted by Crippen LogP contribution is -2.21. The van der Waals surface area contributed by atoms with Crippen molar-refractivity contribution in [3.05, 3.63) is 54.0 Å². The normalized spacial score (nSPS) is 15.3. The molecule has 1 N–H and O–H groups in total. The number of imidazole rings is 1. The lowest BCUT2D eigenvalue weighted by Gasteiger charge is -2.22. The standard InChI is InChI=1S/C22H24N4OS/c1-27-18-9-10-26-17(14-23-21(26)13-18)11-15-7-8-19-20(12-15)28-22(25-19)24-16-5-3-2-4-6-16/h7-10,12-14,16H,2-6,11H2,1H3,(H,24,25).